The van der Waals surface area contributed by atoms with E-state index in [1.54, 1.807) is 14.2 Å². The van der Waals surface area contributed by atoms with Gasteiger partial charge in [-0.05, 0) is 49.2 Å². The van der Waals surface area contributed by atoms with E-state index in [1.807, 2.05) is 0 Å². The van der Waals surface area contributed by atoms with Gasteiger partial charge < -0.3 is 9.47 Å². The van der Waals surface area contributed by atoms with Gasteiger partial charge in [0, 0.05) is 6.54 Å². The summed E-state index contributed by atoms with van der Waals surface area (Å²) in [6.07, 6.45) is 1.02. The van der Waals surface area contributed by atoms with Crippen LogP contribution in [0.15, 0.2) is 42.5 Å². The molecule has 0 saturated carbocycles. The lowest BCUT2D eigenvalue weighted by atomic mass is 9.77. The molecular formula is C19H23NO2. The Bertz CT molecular complexity index is 669. The number of hydrogen-bond donors (Lipinski definition) is 0. The molecule has 2 aromatic carbocycles. The lowest BCUT2D eigenvalue weighted by molar-refractivity contribution is 0.164. The molecule has 0 radical (unpaired) electrons. The fraction of sp³-hybridized carbons (Fsp3) is 0.368. The van der Waals surface area contributed by atoms with Crippen LogP contribution in [0.1, 0.15) is 23.6 Å². The Hall–Kier alpha value is -2.00. The number of nitrogens with zero attached hydrogens (tertiary/aromatic N) is 1. The molecule has 0 N–H and O–H groups in total. The molecule has 1 unspecified atom stereocenters. The molecule has 3 nitrogen and oxygen atoms in total. The van der Waals surface area contributed by atoms with Crippen molar-refractivity contribution in [3.05, 3.63) is 59.2 Å². The standard InChI is InChI=1S/C19H23NO2/c1-19(15-8-6-5-7-9-15)16-13-18(22-4)17(21-3)12-14(16)10-11-20(19)2/h5-9,12-13H,10-11H2,1-4H3. The van der Waals surface area contributed by atoms with Crippen molar-refractivity contribution in [2.24, 2.45) is 0 Å². The molecule has 22 heavy (non-hydrogen) atoms. The molecular weight excluding hydrogens is 274 g/mol. The molecule has 1 heterocycles. The van der Waals surface area contributed by atoms with E-state index in [0.717, 1.165) is 24.5 Å². The Kier molecular flexibility index (Phi) is 3.83. The third kappa shape index (κ3) is 2.17. The van der Waals surface area contributed by atoms with E-state index >= 15 is 0 Å². The summed E-state index contributed by atoms with van der Waals surface area (Å²) in [5, 5.41) is 0. The van der Waals surface area contributed by atoms with E-state index in [1.165, 1.54) is 16.7 Å². The van der Waals surface area contributed by atoms with E-state index in [9.17, 15) is 0 Å². The second-order valence-corrected chi connectivity index (χ2v) is 5.97. The van der Waals surface area contributed by atoms with Gasteiger partial charge in [-0.3, -0.25) is 4.90 Å². The Balaban J connectivity index is 2.22. The van der Waals surface area contributed by atoms with Crippen molar-refractivity contribution in [3.8, 4) is 11.5 Å². The molecule has 0 spiro atoms. The highest BCUT2D eigenvalue weighted by atomic mass is 16.5. The average Bonchev–Trinajstić information content (AvgIpc) is 2.58. The summed E-state index contributed by atoms with van der Waals surface area (Å²) in [7, 11) is 5.57. The molecule has 0 fully saturated rings. The molecule has 3 rings (SSSR count). The quantitative estimate of drug-likeness (QED) is 0.866. The zero-order valence-electron chi connectivity index (χ0n) is 13.7. The summed E-state index contributed by atoms with van der Waals surface area (Å²) in [4.78, 5) is 2.41. The molecule has 0 aliphatic carbocycles. The molecule has 1 atom stereocenters. The van der Waals surface area contributed by atoms with Crippen LogP contribution in [-0.4, -0.2) is 32.7 Å². The summed E-state index contributed by atoms with van der Waals surface area (Å²) < 4.78 is 11.0. The summed E-state index contributed by atoms with van der Waals surface area (Å²) in [5.41, 5.74) is 3.77. The molecule has 0 aromatic heterocycles. The first-order valence-corrected chi connectivity index (χ1v) is 7.63. The molecule has 0 bridgehead atoms. The maximum absolute atomic E-state index is 5.52. The number of likely N-dealkylation sites (N-methyl/N-ethyl adjacent to an activating group) is 1. The van der Waals surface area contributed by atoms with E-state index < -0.39 is 0 Å². The third-order valence-corrected chi connectivity index (χ3v) is 4.95. The molecule has 1 aliphatic rings. The molecule has 1 aliphatic heterocycles. The van der Waals surface area contributed by atoms with E-state index in [2.05, 4.69) is 61.3 Å². The number of ether oxygens (including phenoxy) is 2. The maximum atomic E-state index is 5.52. The lowest BCUT2D eigenvalue weighted by Gasteiger charge is -2.45. The smallest absolute Gasteiger partial charge is 0.161 e. The first kappa shape index (κ1) is 14.9. The van der Waals surface area contributed by atoms with Gasteiger partial charge in [-0.25, -0.2) is 0 Å². The van der Waals surface area contributed by atoms with Crippen LogP contribution < -0.4 is 9.47 Å². The Morgan fingerprint density at radius 2 is 1.64 bits per heavy atom. The number of rotatable bonds is 3. The molecule has 3 heteroatoms. The Morgan fingerprint density at radius 1 is 1.00 bits per heavy atom. The second kappa shape index (κ2) is 5.65. The van der Waals surface area contributed by atoms with Crippen LogP contribution in [0, 0.1) is 0 Å². The highest BCUT2D eigenvalue weighted by molar-refractivity contribution is 5.53. The van der Waals surface area contributed by atoms with E-state index in [4.69, 9.17) is 9.47 Å². The van der Waals surface area contributed by atoms with Crippen molar-refractivity contribution in [2.75, 3.05) is 27.8 Å². The highest BCUT2D eigenvalue weighted by Gasteiger charge is 2.38. The van der Waals surface area contributed by atoms with Crippen LogP contribution in [0.5, 0.6) is 11.5 Å². The van der Waals surface area contributed by atoms with Crippen LogP contribution in [-0.2, 0) is 12.0 Å². The number of hydrogen-bond acceptors (Lipinski definition) is 3. The predicted octanol–water partition coefficient (Wildman–Crippen LogP) is 3.46. The lowest BCUT2D eigenvalue weighted by Crippen LogP contribution is -2.47. The molecule has 0 saturated heterocycles. The van der Waals surface area contributed by atoms with Crippen molar-refractivity contribution >= 4 is 0 Å². The van der Waals surface area contributed by atoms with Gasteiger partial charge in [0.15, 0.2) is 11.5 Å². The summed E-state index contributed by atoms with van der Waals surface area (Å²) in [5.74, 6) is 1.60. The summed E-state index contributed by atoms with van der Waals surface area (Å²) in [6, 6.07) is 14.9. The van der Waals surface area contributed by atoms with Crippen molar-refractivity contribution in [2.45, 2.75) is 18.9 Å². The fourth-order valence-electron chi connectivity index (χ4n) is 3.44. The van der Waals surface area contributed by atoms with Gasteiger partial charge in [-0.1, -0.05) is 30.3 Å². The first-order chi connectivity index (χ1) is 10.6. The van der Waals surface area contributed by atoms with Gasteiger partial charge in [-0.15, -0.1) is 0 Å². The number of benzene rings is 2. The minimum absolute atomic E-state index is 0.158. The minimum atomic E-state index is -0.158. The fourth-order valence-corrected chi connectivity index (χ4v) is 3.44. The van der Waals surface area contributed by atoms with Gasteiger partial charge in [0.05, 0.1) is 19.8 Å². The van der Waals surface area contributed by atoms with Gasteiger partial charge in [0.1, 0.15) is 0 Å². The summed E-state index contributed by atoms with van der Waals surface area (Å²) >= 11 is 0. The number of fused-ring (bicyclic) bond motifs is 1. The zero-order valence-corrected chi connectivity index (χ0v) is 13.7. The SMILES string of the molecule is COc1cc2c(cc1OC)C(C)(c1ccccc1)N(C)CC2. The molecule has 116 valence electrons. The topological polar surface area (TPSA) is 21.7 Å². The van der Waals surface area contributed by atoms with Crippen LogP contribution in [0.3, 0.4) is 0 Å². The highest BCUT2D eigenvalue weighted by Crippen LogP contribution is 2.44. The monoisotopic (exact) mass is 297 g/mol. The normalized spacial score (nSPS) is 21.3. The second-order valence-electron chi connectivity index (χ2n) is 5.97. The molecule has 2 aromatic rings. The van der Waals surface area contributed by atoms with Gasteiger partial charge >= 0.3 is 0 Å². The van der Waals surface area contributed by atoms with Crippen molar-refractivity contribution in [1.29, 1.82) is 0 Å². The largest absolute Gasteiger partial charge is 0.493 e. The van der Waals surface area contributed by atoms with E-state index in [-0.39, 0.29) is 5.54 Å². The Labute approximate surface area is 132 Å². The van der Waals surface area contributed by atoms with Crippen molar-refractivity contribution in [3.63, 3.8) is 0 Å². The maximum Gasteiger partial charge on any atom is 0.161 e. The van der Waals surface area contributed by atoms with Crippen LogP contribution >= 0.6 is 0 Å². The molecule has 0 amide bonds. The van der Waals surface area contributed by atoms with Crippen LogP contribution in [0.25, 0.3) is 0 Å². The van der Waals surface area contributed by atoms with Gasteiger partial charge in [-0.2, -0.15) is 0 Å². The Morgan fingerprint density at radius 3 is 2.27 bits per heavy atom. The average molecular weight is 297 g/mol. The summed E-state index contributed by atoms with van der Waals surface area (Å²) in [6.45, 7) is 3.31. The van der Waals surface area contributed by atoms with Gasteiger partial charge in [0.25, 0.3) is 0 Å². The third-order valence-electron chi connectivity index (χ3n) is 4.95. The van der Waals surface area contributed by atoms with E-state index in [0.29, 0.717) is 0 Å². The van der Waals surface area contributed by atoms with Crippen LogP contribution in [0.2, 0.25) is 0 Å². The van der Waals surface area contributed by atoms with Crippen LogP contribution in [0.4, 0.5) is 0 Å². The predicted molar refractivity (Wildman–Crippen MR) is 88.8 cm³/mol. The number of methoxy groups -OCH3 is 2. The minimum Gasteiger partial charge on any atom is -0.493 e. The van der Waals surface area contributed by atoms with Gasteiger partial charge in [0.2, 0.25) is 0 Å². The first-order valence-electron chi connectivity index (χ1n) is 7.63. The zero-order chi connectivity index (χ0) is 15.7. The van der Waals surface area contributed by atoms with Crippen molar-refractivity contribution in [1.82, 2.24) is 4.90 Å². The van der Waals surface area contributed by atoms with Crippen molar-refractivity contribution < 1.29 is 9.47 Å².